The van der Waals surface area contributed by atoms with E-state index in [9.17, 15) is 18.8 Å². The Bertz CT molecular complexity index is 1290. The van der Waals surface area contributed by atoms with Gasteiger partial charge in [0.15, 0.2) is 10.8 Å². The average molecular weight is 487 g/mol. The molecule has 2 aromatic heterocycles. The fourth-order valence-corrected chi connectivity index (χ4v) is 4.93. The molecule has 1 atom stereocenters. The van der Waals surface area contributed by atoms with Gasteiger partial charge in [0, 0.05) is 24.8 Å². The molecule has 9 nitrogen and oxygen atoms in total. The molecule has 180 valence electrons. The minimum absolute atomic E-state index is 0.0286. The van der Waals surface area contributed by atoms with E-state index in [4.69, 9.17) is 0 Å². The number of nitrogens with zero attached hydrogens (tertiary/aromatic N) is 4. The number of halogens is 1. The highest BCUT2D eigenvalue weighted by atomic mass is 32.1. The molecular formula is C23H27FN6O3S. The fourth-order valence-electron chi connectivity index (χ4n) is 3.92. The summed E-state index contributed by atoms with van der Waals surface area (Å²) in [4.78, 5) is 48.7. The first kappa shape index (κ1) is 23.8. The van der Waals surface area contributed by atoms with E-state index in [0.29, 0.717) is 33.3 Å². The number of piperidine rings is 1. The molecule has 0 radical (unpaired) electrons. The molecule has 0 aliphatic carbocycles. The smallest absolute Gasteiger partial charge is 0.273 e. The van der Waals surface area contributed by atoms with Crippen molar-refractivity contribution in [1.29, 1.82) is 0 Å². The van der Waals surface area contributed by atoms with Gasteiger partial charge in [0.05, 0.1) is 5.92 Å². The van der Waals surface area contributed by atoms with Gasteiger partial charge in [-0.25, -0.2) is 9.37 Å². The number of amides is 2. The van der Waals surface area contributed by atoms with E-state index in [1.165, 1.54) is 34.4 Å². The molecule has 0 spiro atoms. The zero-order chi connectivity index (χ0) is 24.4. The molecule has 2 N–H and O–H groups in total. The van der Waals surface area contributed by atoms with E-state index in [-0.39, 0.29) is 30.0 Å². The minimum atomic E-state index is -0.461. The number of hydrogen-bond acceptors (Lipinski definition) is 7. The van der Waals surface area contributed by atoms with Crippen molar-refractivity contribution in [3.05, 3.63) is 46.3 Å². The Morgan fingerprint density at radius 3 is 2.88 bits per heavy atom. The molecule has 1 fully saturated rings. The molecule has 1 aromatic carbocycles. The van der Waals surface area contributed by atoms with Crippen LogP contribution in [0.2, 0.25) is 0 Å². The Labute approximate surface area is 200 Å². The lowest BCUT2D eigenvalue weighted by Crippen LogP contribution is -2.44. The van der Waals surface area contributed by atoms with Crippen LogP contribution in [0.5, 0.6) is 0 Å². The standard InChI is InChI=1S/C23H27FN6O3S/c1-13(2)26-21(32)15-5-4-8-29(10-15)23-28-20-19(34-23)22(33)30(12-25-20)11-18(31)27-17-9-16(24)7-6-14(17)3/h6-7,9,12-13,15H,4-5,8,10-11H2,1-3H3,(H,26,32)(H,27,31)/t15-/m0/s1. The van der Waals surface area contributed by atoms with Crippen LogP contribution in [0.3, 0.4) is 0 Å². The summed E-state index contributed by atoms with van der Waals surface area (Å²) in [5.74, 6) is -1.03. The van der Waals surface area contributed by atoms with Crippen LogP contribution < -0.4 is 21.1 Å². The van der Waals surface area contributed by atoms with Crippen molar-refractivity contribution >= 4 is 44.3 Å². The van der Waals surface area contributed by atoms with E-state index < -0.39 is 11.7 Å². The maximum Gasteiger partial charge on any atom is 0.273 e. The highest BCUT2D eigenvalue weighted by Crippen LogP contribution is 2.29. The summed E-state index contributed by atoms with van der Waals surface area (Å²) in [6.07, 6.45) is 2.95. The predicted octanol–water partition coefficient (Wildman–Crippen LogP) is 2.68. The summed E-state index contributed by atoms with van der Waals surface area (Å²) in [5.41, 5.74) is 1.01. The normalized spacial score (nSPS) is 16.1. The Balaban J connectivity index is 1.50. The first-order valence-corrected chi connectivity index (χ1v) is 12.0. The number of nitrogens with one attached hydrogen (secondary N) is 2. The maximum absolute atomic E-state index is 13.5. The third kappa shape index (κ3) is 5.24. The first-order valence-electron chi connectivity index (χ1n) is 11.2. The van der Waals surface area contributed by atoms with Crippen LogP contribution in [-0.4, -0.2) is 45.5 Å². The van der Waals surface area contributed by atoms with Crippen LogP contribution in [-0.2, 0) is 16.1 Å². The van der Waals surface area contributed by atoms with Gasteiger partial charge in [0.25, 0.3) is 5.56 Å². The number of carbonyl (C=O) groups excluding carboxylic acids is 2. The van der Waals surface area contributed by atoms with Crippen molar-refractivity contribution in [2.75, 3.05) is 23.3 Å². The summed E-state index contributed by atoms with van der Waals surface area (Å²) >= 11 is 1.21. The summed E-state index contributed by atoms with van der Waals surface area (Å²) in [5, 5.41) is 6.24. The molecule has 1 aliphatic rings. The summed E-state index contributed by atoms with van der Waals surface area (Å²) in [6, 6.07) is 4.20. The SMILES string of the molecule is Cc1ccc(F)cc1NC(=O)Cn1cnc2nc(N3CCC[C@H](C(=O)NC(C)C)C3)sc2c1=O. The Morgan fingerprint density at radius 2 is 2.12 bits per heavy atom. The third-order valence-electron chi connectivity index (χ3n) is 5.65. The number of carbonyl (C=O) groups is 2. The summed E-state index contributed by atoms with van der Waals surface area (Å²) in [7, 11) is 0. The third-order valence-corrected chi connectivity index (χ3v) is 6.75. The van der Waals surface area contributed by atoms with E-state index in [1.807, 2.05) is 18.7 Å². The lowest BCUT2D eigenvalue weighted by atomic mass is 9.97. The van der Waals surface area contributed by atoms with E-state index in [0.717, 1.165) is 19.4 Å². The molecule has 3 heterocycles. The van der Waals surface area contributed by atoms with Crippen molar-refractivity contribution in [3.63, 3.8) is 0 Å². The Hall–Kier alpha value is -3.34. The molecule has 1 aliphatic heterocycles. The largest absolute Gasteiger partial charge is 0.354 e. The maximum atomic E-state index is 13.5. The Kier molecular flexibility index (Phi) is 6.92. The van der Waals surface area contributed by atoms with E-state index in [1.54, 1.807) is 13.0 Å². The van der Waals surface area contributed by atoms with Gasteiger partial charge in [-0.3, -0.25) is 19.0 Å². The monoisotopic (exact) mass is 486 g/mol. The van der Waals surface area contributed by atoms with Crippen LogP contribution in [0.1, 0.15) is 32.3 Å². The number of fused-ring (bicyclic) bond motifs is 1. The second-order valence-corrected chi connectivity index (χ2v) is 9.76. The summed E-state index contributed by atoms with van der Waals surface area (Å²) < 4.78 is 15.1. The number of anilines is 2. The summed E-state index contributed by atoms with van der Waals surface area (Å²) in [6.45, 7) is 6.64. The number of aromatic nitrogens is 3. The number of benzene rings is 1. The number of thiazole rings is 1. The Morgan fingerprint density at radius 1 is 1.32 bits per heavy atom. The van der Waals surface area contributed by atoms with Gasteiger partial charge in [-0.2, -0.15) is 4.98 Å². The molecule has 0 unspecified atom stereocenters. The van der Waals surface area contributed by atoms with Crippen molar-refractivity contribution in [1.82, 2.24) is 19.9 Å². The lowest BCUT2D eigenvalue weighted by Gasteiger charge is -2.32. The average Bonchev–Trinajstić information content (AvgIpc) is 3.23. The van der Waals surface area contributed by atoms with E-state index >= 15 is 0 Å². The molecule has 0 bridgehead atoms. The van der Waals surface area contributed by atoms with Crippen LogP contribution in [0.4, 0.5) is 15.2 Å². The minimum Gasteiger partial charge on any atom is -0.354 e. The van der Waals surface area contributed by atoms with Crippen LogP contribution in [0.25, 0.3) is 10.3 Å². The van der Waals surface area contributed by atoms with Crippen LogP contribution in [0, 0.1) is 18.7 Å². The topological polar surface area (TPSA) is 109 Å². The van der Waals surface area contributed by atoms with Crippen molar-refractivity contribution in [3.8, 4) is 0 Å². The first-order chi connectivity index (χ1) is 16.2. The van der Waals surface area contributed by atoms with Gasteiger partial charge in [0.2, 0.25) is 11.8 Å². The molecular weight excluding hydrogens is 459 g/mol. The molecule has 1 saturated heterocycles. The van der Waals surface area contributed by atoms with Gasteiger partial charge >= 0.3 is 0 Å². The predicted molar refractivity (Wildman–Crippen MR) is 130 cm³/mol. The van der Waals surface area contributed by atoms with Gasteiger partial charge in [-0.1, -0.05) is 17.4 Å². The van der Waals surface area contributed by atoms with Gasteiger partial charge in [0.1, 0.15) is 23.4 Å². The highest BCUT2D eigenvalue weighted by Gasteiger charge is 2.28. The number of rotatable bonds is 6. The highest BCUT2D eigenvalue weighted by molar-refractivity contribution is 7.22. The second kappa shape index (κ2) is 9.88. The number of aryl methyl sites for hydroxylation is 1. The van der Waals surface area contributed by atoms with E-state index in [2.05, 4.69) is 20.6 Å². The molecule has 11 heteroatoms. The number of hydrogen-bond donors (Lipinski definition) is 2. The van der Waals surface area contributed by atoms with Crippen LogP contribution in [0.15, 0.2) is 29.3 Å². The zero-order valence-electron chi connectivity index (χ0n) is 19.3. The van der Waals surface area contributed by atoms with Crippen molar-refractivity contribution in [2.24, 2.45) is 5.92 Å². The quantitative estimate of drug-likeness (QED) is 0.555. The molecule has 4 rings (SSSR count). The molecule has 0 saturated carbocycles. The van der Waals surface area contributed by atoms with Crippen molar-refractivity contribution in [2.45, 2.75) is 46.2 Å². The second-order valence-electron chi connectivity index (χ2n) is 8.78. The van der Waals surface area contributed by atoms with Crippen LogP contribution >= 0.6 is 11.3 Å². The van der Waals surface area contributed by atoms with Gasteiger partial charge < -0.3 is 15.5 Å². The van der Waals surface area contributed by atoms with Gasteiger partial charge in [-0.15, -0.1) is 0 Å². The fraction of sp³-hybridized carbons (Fsp3) is 0.435. The van der Waals surface area contributed by atoms with Crippen molar-refractivity contribution < 1.29 is 14.0 Å². The van der Waals surface area contributed by atoms with Gasteiger partial charge in [-0.05, 0) is 51.3 Å². The molecule has 3 aromatic rings. The zero-order valence-corrected chi connectivity index (χ0v) is 20.1. The molecule has 34 heavy (non-hydrogen) atoms. The lowest BCUT2D eigenvalue weighted by molar-refractivity contribution is -0.125. The molecule has 2 amide bonds.